The third-order valence-corrected chi connectivity index (χ3v) is 6.92. The van der Waals surface area contributed by atoms with Crippen molar-refractivity contribution < 1.29 is 34.2 Å². The summed E-state index contributed by atoms with van der Waals surface area (Å²) in [5.74, 6) is -2.81. The highest BCUT2D eigenvalue weighted by atomic mass is 32.2. The van der Waals surface area contributed by atoms with Crippen LogP contribution in [-0.2, 0) is 36.8 Å². The van der Waals surface area contributed by atoms with Gasteiger partial charge in [0.25, 0.3) is 0 Å². The van der Waals surface area contributed by atoms with Crippen LogP contribution < -0.4 is 27.0 Å². The number of carboxylic acid groups (broad SMARTS) is 1. The Balaban J connectivity index is 1.93. The SMILES string of the molecule is CCSC[C@H](NC(=O)[C@H](Cc1ccccc1)NC(=O)CNC(=O)[C@@H](C)NC(=O)[C@@H](N)Cc1ccc(O)cc1)C(=O)O. The molecule has 4 amide bonds. The van der Waals surface area contributed by atoms with Gasteiger partial charge in [-0.25, -0.2) is 4.79 Å². The minimum absolute atomic E-state index is 0.0867. The number of hydrogen-bond acceptors (Lipinski definition) is 8. The molecule has 2 rings (SSSR count). The van der Waals surface area contributed by atoms with Crippen LogP contribution in [-0.4, -0.2) is 82.0 Å². The first-order valence-electron chi connectivity index (χ1n) is 13.1. The molecule has 0 bridgehead atoms. The molecule has 8 N–H and O–H groups in total. The Morgan fingerprint density at radius 3 is 2.07 bits per heavy atom. The number of benzene rings is 2. The standard InChI is InChI=1S/C28H37N5O7S/c1-3-41-16-23(28(39)40)33-27(38)22(14-18-7-5-4-6-8-18)32-24(35)15-30-25(36)17(2)31-26(37)21(29)13-19-9-11-20(34)12-10-19/h4-12,17,21-23,34H,3,13-16,29H2,1-2H3,(H,30,36)(H,31,37)(H,32,35)(H,33,38)(H,39,40)/t17-,21+,22+,23+/m1/s1. The number of thioether (sulfide) groups is 1. The van der Waals surface area contributed by atoms with E-state index in [4.69, 9.17) is 5.73 Å². The van der Waals surface area contributed by atoms with Gasteiger partial charge >= 0.3 is 5.97 Å². The van der Waals surface area contributed by atoms with E-state index < -0.39 is 60.3 Å². The summed E-state index contributed by atoms with van der Waals surface area (Å²) in [6.07, 6.45) is 0.290. The maximum Gasteiger partial charge on any atom is 0.327 e. The number of phenols is 1. The molecule has 0 aliphatic rings. The Hall–Kier alpha value is -4.10. The predicted octanol–water partition coefficient (Wildman–Crippen LogP) is -0.0671. The number of carbonyl (C=O) groups excluding carboxylic acids is 4. The van der Waals surface area contributed by atoms with Crippen molar-refractivity contribution in [2.24, 2.45) is 5.73 Å². The van der Waals surface area contributed by atoms with E-state index in [-0.39, 0.29) is 24.3 Å². The second-order valence-corrected chi connectivity index (χ2v) is 10.6. The molecule has 0 saturated heterocycles. The van der Waals surface area contributed by atoms with Crippen LogP contribution >= 0.6 is 11.8 Å². The van der Waals surface area contributed by atoms with Crippen molar-refractivity contribution in [3.8, 4) is 5.75 Å². The average molecular weight is 588 g/mol. The van der Waals surface area contributed by atoms with Gasteiger partial charge in [-0.1, -0.05) is 49.4 Å². The van der Waals surface area contributed by atoms with E-state index in [1.54, 1.807) is 42.5 Å². The number of nitrogens with two attached hydrogens (primary N) is 1. The van der Waals surface area contributed by atoms with Gasteiger partial charge < -0.3 is 37.2 Å². The van der Waals surface area contributed by atoms with Crippen LogP contribution in [0.3, 0.4) is 0 Å². The number of amides is 4. The minimum atomic E-state index is -1.19. The van der Waals surface area contributed by atoms with E-state index in [0.29, 0.717) is 5.75 Å². The van der Waals surface area contributed by atoms with Crippen LogP contribution in [0, 0.1) is 0 Å². The number of carboxylic acids is 1. The van der Waals surface area contributed by atoms with Gasteiger partial charge in [-0.15, -0.1) is 0 Å². The number of phenolic OH excluding ortho intramolecular Hbond substituents is 1. The van der Waals surface area contributed by atoms with E-state index >= 15 is 0 Å². The molecule has 222 valence electrons. The fraction of sp³-hybridized carbons (Fsp3) is 0.393. The summed E-state index contributed by atoms with van der Waals surface area (Å²) in [7, 11) is 0. The Morgan fingerprint density at radius 1 is 0.829 bits per heavy atom. The van der Waals surface area contributed by atoms with Crippen molar-refractivity contribution in [1.82, 2.24) is 21.3 Å². The van der Waals surface area contributed by atoms with Crippen LogP contribution in [0.15, 0.2) is 54.6 Å². The van der Waals surface area contributed by atoms with Crippen LogP contribution in [0.2, 0.25) is 0 Å². The summed E-state index contributed by atoms with van der Waals surface area (Å²) in [5, 5.41) is 28.8. The average Bonchev–Trinajstić information content (AvgIpc) is 2.94. The summed E-state index contributed by atoms with van der Waals surface area (Å²) in [6, 6.07) is 10.9. The molecule has 13 heteroatoms. The molecule has 0 fully saturated rings. The monoisotopic (exact) mass is 587 g/mol. The van der Waals surface area contributed by atoms with Crippen LogP contribution in [0.1, 0.15) is 25.0 Å². The van der Waals surface area contributed by atoms with Gasteiger partial charge in [0.05, 0.1) is 12.6 Å². The van der Waals surface area contributed by atoms with Crippen molar-refractivity contribution in [2.45, 2.75) is 50.9 Å². The highest BCUT2D eigenvalue weighted by Crippen LogP contribution is 2.11. The number of rotatable bonds is 16. The van der Waals surface area contributed by atoms with E-state index in [2.05, 4.69) is 21.3 Å². The zero-order valence-electron chi connectivity index (χ0n) is 23.0. The van der Waals surface area contributed by atoms with E-state index in [1.165, 1.54) is 30.8 Å². The molecule has 12 nitrogen and oxygen atoms in total. The number of hydrogen-bond donors (Lipinski definition) is 7. The van der Waals surface area contributed by atoms with Crippen molar-refractivity contribution in [2.75, 3.05) is 18.1 Å². The molecule has 41 heavy (non-hydrogen) atoms. The lowest BCUT2D eigenvalue weighted by molar-refractivity contribution is -0.141. The molecular weight excluding hydrogens is 550 g/mol. The first kappa shape index (κ1) is 33.1. The molecular formula is C28H37N5O7S. The van der Waals surface area contributed by atoms with Crippen molar-refractivity contribution in [3.05, 3.63) is 65.7 Å². The van der Waals surface area contributed by atoms with Crippen molar-refractivity contribution >= 4 is 41.4 Å². The lowest BCUT2D eigenvalue weighted by atomic mass is 10.0. The number of aromatic hydroxyl groups is 1. The molecule has 0 aliphatic carbocycles. The van der Waals surface area contributed by atoms with E-state index in [9.17, 15) is 34.2 Å². The molecule has 2 aromatic carbocycles. The second-order valence-electron chi connectivity index (χ2n) is 9.29. The van der Waals surface area contributed by atoms with Crippen molar-refractivity contribution in [3.63, 3.8) is 0 Å². The number of aliphatic carboxylic acids is 1. The third-order valence-electron chi connectivity index (χ3n) is 5.94. The van der Waals surface area contributed by atoms with Crippen LogP contribution in [0.25, 0.3) is 0 Å². The normalized spacial score (nSPS) is 13.6. The molecule has 0 saturated carbocycles. The molecule has 0 aliphatic heterocycles. The molecule has 0 spiro atoms. The highest BCUT2D eigenvalue weighted by molar-refractivity contribution is 7.99. The molecule has 4 atom stereocenters. The fourth-order valence-corrected chi connectivity index (χ4v) is 4.37. The van der Waals surface area contributed by atoms with Gasteiger partial charge in [0.15, 0.2) is 0 Å². The molecule has 0 aromatic heterocycles. The predicted molar refractivity (Wildman–Crippen MR) is 155 cm³/mol. The van der Waals surface area contributed by atoms with Gasteiger partial charge in [-0.3, -0.25) is 19.2 Å². The summed E-state index contributed by atoms with van der Waals surface area (Å²) < 4.78 is 0. The van der Waals surface area contributed by atoms with Crippen LogP contribution in [0.4, 0.5) is 0 Å². The Labute approximate surface area is 242 Å². The molecule has 0 unspecified atom stereocenters. The lowest BCUT2D eigenvalue weighted by Crippen LogP contribution is -2.55. The van der Waals surface area contributed by atoms with Crippen molar-refractivity contribution in [1.29, 1.82) is 0 Å². The highest BCUT2D eigenvalue weighted by Gasteiger charge is 2.27. The maximum absolute atomic E-state index is 13.0. The summed E-state index contributed by atoms with van der Waals surface area (Å²) in [6.45, 7) is 2.83. The first-order valence-corrected chi connectivity index (χ1v) is 14.2. The molecule has 0 heterocycles. The lowest BCUT2D eigenvalue weighted by Gasteiger charge is -2.22. The minimum Gasteiger partial charge on any atom is -0.508 e. The largest absolute Gasteiger partial charge is 0.508 e. The summed E-state index contributed by atoms with van der Waals surface area (Å²) >= 11 is 1.36. The van der Waals surface area contributed by atoms with E-state index in [1.807, 2.05) is 6.92 Å². The summed E-state index contributed by atoms with van der Waals surface area (Å²) in [4.78, 5) is 62.2. The molecule has 2 aromatic rings. The van der Waals surface area contributed by atoms with Crippen LogP contribution in [0.5, 0.6) is 5.75 Å². The number of nitrogens with one attached hydrogen (secondary N) is 4. The maximum atomic E-state index is 13.0. The van der Waals surface area contributed by atoms with E-state index in [0.717, 1.165) is 11.1 Å². The van der Waals surface area contributed by atoms with Gasteiger partial charge in [0.2, 0.25) is 23.6 Å². The van der Waals surface area contributed by atoms with Gasteiger partial charge in [0.1, 0.15) is 23.9 Å². The quantitative estimate of drug-likeness (QED) is 0.140. The smallest absolute Gasteiger partial charge is 0.327 e. The zero-order valence-corrected chi connectivity index (χ0v) is 23.8. The molecule has 0 radical (unpaired) electrons. The number of carbonyl (C=O) groups is 5. The first-order chi connectivity index (χ1) is 19.5. The van der Waals surface area contributed by atoms with Gasteiger partial charge in [-0.05, 0) is 42.4 Å². The topological polar surface area (TPSA) is 200 Å². The van der Waals surface area contributed by atoms with Gasteiger partial charge in [0, 0.05) is 12.2 Å². The van der Waals surface area contributed by atoms with Gasteiger partial charge in [-0.2, -0.15) is 11.8 Å². The Morgan fingerprint density at radius 2 is 1.46 bits per heavy atom. The Kier molecular flexibility index (Phi) is 13.6. The Bertz CT molecular complexity index is 1180. The second kappa shape index (κ2) is 16.9. The zero-order chi connectivity index (χ0) is 30.4. The fourth-order valence-electron chi connectivity index (χ4n) is 3.67. The summed E-state index contributed by atoms with van der Waals surface area (Å²) in [5.41, 5.74) is 7.41. The third kappa shape index (κ3) is 11.9.